The number of nitrogens with one attached hydrogen (secondary N) is 1. The van der Waals surface area contributed by atoms with Gasteiger partial charge >= 0.3 is 0 Å². The van der Waals surface area contributed by atoms with Gasteiger partial charge in [-0.25, -0.2) is 12.8 Å². The molecule has 0 aliphatic heterocycles. The summed E-state index contributed by atoms with van der Waals surface area (Å²) in [6, 6.07) is 19.6. The van der Waals surface area contributed by atoms with E-state index >= 15 is 0 Å². The fourth-order valence-electron chi connectivity index (χ4n) is 4.11. The van der Waals surface area contributed by atoms with Crippen molar-refractivity contribution in [2.75, 3.05) is 17.4 Å². The van der Waals surface area contributed by atoms with Gasteiger partial charge in [0.2, 0.25) is 11.8 Å². The van der Waals surface area contributed by atoms with Crippen LogP contribution in [0.15, 0.2) is 83.8 Å². The summed E-state index contributed by atoms with van der Waals surface area (Å²) < 4.78 is 42.9. The van der Waals surface area contributed by atoms with E-state index in [0.717, 1.165) is 21.5 Å². The van der Waals surface area contributed by atoms with Gasteiger partial charge in [0.25, 0.3) is 10.0 Å². The molecule has 9 heteroatoms. The van der Waals surface area contributed by atoms with Crippen LogP contribution in [0.3, 0.4) is 0 Å². The Balaban J connectivity index is 2.06. The topological polar surface area (TPSA) is 86.8 Å². The smallest absolute Gasteiger partial charge is 0.264 e. The molecule has 0 aromatic heterocycles. The van der Waals surface area contributed by atoms with E-state index in [1.807, 2.05) is 31.2 Å². The van der Waals surface area contributed by atoms with Crippen LogP contribution in [0.25, 0.3) is 0 Å². The maximum atomic E-state index is 14.9. The first kappa shape index (κ1) is 27.9. The van der Waals surface area contributed by atoms with E-state index in [2.05, 4.69) is 5.32 Å². The molecule has 0 aliphatic carbocycles. The maximum Gasteiger partial charge on any atom is 0.264 e. The van der Waals surface area contributed by atoms with Gasteiger partial charge in [-0.05, 0) is 50.1 Å². The number of hydrogen-bond acceptors (Lipinski definition) is 4. The largest absolute Gasteiger partial charge is 0.355 e. The Hall–Kier alpha value is -3.72. The number of anilines is 1. The molecule has 0 saturated carbocycles. The third-order valence-corrected chi connectivity index (χ3v) is 7.68. The van der Waals surface area contributed by atoms with E-state index in [-0.39, 0.29) is 23.0 Å². The lowest BCUT2D eigenvalue weighted by Gasteiger charge is -2.33. The standard InChI is InChI=1S/C28H32FN3O4S/c1-4-25(28(34)30-5-2)31(19-22-13-11-12-21(3)18-22)27(33)20-32(26-17-10-9-16-24(26)29)37(35,36)23-14-7-6-8-15-23/h6-18,25H,4-5,19-20H2,1-3H3,(H,30,34). The molecule has 3 aromatic carbocycles. The Kier molecular flexibility index (Phi) is 9.41. The van der Waals surface area contributed by atoms with E-state index in [1.165, 1.54) is 35.2 Å². The average molecular weight is 526 g/mol. The van der Waals surface area contributed by atoms with Gasteiger partial charge in [0.15, 0.2) is 0 Å². The first-order valence-corrected chi connectivity index (χ1v) is 13.6. The fourth-order valence-corrected chi connectivity index (χ4v) is 5.55. The molecule has 3 rings (SSSR count). The van der Waals surface area contributed by atoms with Crippen LogP contribution in [0.4, 0.5) is 10.1 Å². The van der Waals surface area contributed by atoms with Crippen molar-refractivity contribution in [1.82, 2.24) is 10.2 Å². The highest BCUT2D eigenvalue weighted by Gasteiger charge is 2.34. The summed E-state index contributed by atoms with van der Waals surface area (Å²) >= 11 is 0. The van der Waals surface area contributed by atoms with Crippen LogP contribution >= 0.6 is 0 Å². The predicted molar refractivity (Wildman–Crippen MR) is 142 cm³/mol. The third kappa shape index (κ3) is 6.74. The monoisotopic (exact) mass is 525 g/mol. The Morgan fingerprint density at radius 1 is 0.946 bits per heavy atom. The number of halogens is 1. The van der Waals surface area contributed by atoms with Crippen LogP contribution in [-0.2, 0) is 26.2 Å². The van der Waals surface area contributed by atoms with Crippen LogP contribution in [0.1, 0.15) is 31.4 Å². The van der Waals surface area contributed by atoms with Crippen LogP contribution in [0.5, 0.6) is 0 Å². The lowest BCUT2D eigenvalue weighted by Crippen LogP contribution is -2.52. The maximum absolute atomic E-state index is 14.9. The lowest BCUT2D eigenvalue weighted by molar-refractivity contribution is -0.140. The van der Waals surface area contributed by atoms with Gasteiger partial charge in [-0.1, -0.05) is 67.1 Å². The molecule has 0 spiro atoms. The van der Waals surface area contributed by atoms with Crippen molar-refractivity contribution in [3.63, 3.8) is 0 Å². The van der Waals surface area contributed by atoms with E-state index in [0.29, 0.717) is 13.0 Å². The Morgan fingerprint density at radius 3 is 2.24 bits per heavy atom. The first-order valence-electron chi connectivity index (χ1n) is 12.1. The zero-order chi connectivity index (χ0) is 27.0. The molecule has 0 saturated heterocycles. The number of nitrogens with zero attached hydrogens (tertiary/aromatic N) is 2. The molecule has 3 aromatic rings. The summed E-state index contributed by atoms with van der Waals surface area (Å²) in [5.74, 6) is -1.74. The first-order chi connectivity index (χ1) is 17.7. The van der Waals surface area contributed by atoms with Crippen molar-refractivity contribution in [3.8, 4) is 0 Å². The van der Waals surface area contributed by atoms with Crippen molar-refractivity contribution in [2.24, 2.45) is 0 Å². The molecule has 196 valence electrons. The number of carbonyl (C=O) groups excluding carboxylic acids is 2. The van der Waals surface area contributed by atoms with Crippen molar-refractivity contribution in [3.05, 3.63) is 95.8 Å². The lowest BCUT2D eigenvalue weighted by atomic mass is 10.1. The molecule has 0 fully saturated rings. The number of sulfonamides is 1. The SMILES string of the molecule is CCNC(=O)C(CC)N(Cc1cccc(C)c1)C(=O)CN(c1ccccc1F)S(=O)(=O)c1ccccc1. The highest BCUT2D eigenvalue weighted by atomic mass is 32.2. The summed E-state index contributed by atoms with van der Waals surface area (Å²) in [4.78, 5) is 28.0. The van der Waals surface area contributed by atoms with Gasteiger partial charge in [0.05, 0.1) is 10.6 Å². The number of aryl methyl sites for hydroxylation is 1. The Morgan fingerprint density at radius 2 is 1.62 bits per heavy atom. The summed E-state index contributed by atoms with van der Waals surface area (Å²) in [6.45, 7) is 5.27. The minimum atomic E-state index is -4.30. The van der Waals surface area contributed by atoms with Crippen molar-refractivity contribution < 1.29 is 22.4 Å². The molecule has 1 unspecified atom stereocenters. The molecule has 1 N–H and O–H groups in total. The molecular formula is C28H32FN3O4S. The number of hydrogen-bond donors (Lipinski definition) is 1. The van der Waals surface area contributed by atoms with Crippen LogP contribution in [0, 0.1) is 12.7 Å². The normalized spacial score (nSPS) is 12.0. The van der Waals surface area contributed by atoms with Crippen LogP contribution in [-0.4, -0.2) is 44.3 Å². The van der Waals surface area contributed by atoms with E-state index in [4.69, 9.17) is 0 Å². The number of amides is 2. The average Bonchev–Trinajstić information content (AvgIpc) is 2.88. The van der Waals surface area contributed by atoms with Crippen molar-refractivity contribution >= 4 is 27.5 Å². The molecule has 0 aliphatic rings. The van der Waals surface area contributed by atoms with Gasteiger partial charge in [-0.2, -0.15) is 0 Å². The van der Waals surface area contributed by atoms with Crippen molar-refractivity contribution in [1.29, 1.82) is 0 Å². The minimum absolute atomic E-state index is 0.0768. The molecule has 0 radical (unpaired) electrons. The summed E-state index contributed by atoms with van der Waals surface area (Å²) in [5, 5.41) is 2.75. The second-order valence-corrected chi connectivity index (χ2v) is 10.5. The highest BCUT2D eigenvalue weighted by Crippen LogP contribution is 2.27. The molecule has 37 heavy (non-hydrogen) atoms. The third-order valence-electron chi connectivity index (χ3n) is 5.90. The molecule has 2 amide bonds. The number of para-hydroxylation sites is 1. The molecule has 7 nitrogen and oxygen atoms in total. The second kappa shape index (κ2) is 12.5. The zero-order valence-corrected chi connectivity index (χ0v) is 22.0. The number of benzene rings is 3. The number of likely N-dealkylation sites (N-methyl/N-ethyl adjacent to an activating group) is 1. The van der Waals surface area contributed by atoms with E-state index in [1.54, 1.807) is 32.0 Å². The molecular weight excluding hydrogens is 493 g/mol. The van der Waals surface area contributed by atoms with Crippen LogP contribution in [0.2, 0.25) is 0 Å². The zero-order valence-electron chi connectivity index (χ0n) is 21.2. The minimum Gasteiger partial charge on any atom is -0.355 e. The summed E-state index contributed by atoms with van der Waals surface area (Å²) in [6.07, 6.45) is 0.314. The van der Waals surface area contributed by atoms with Gasteiger partial charge in [-0.3, -0.25) is 13.9 Å². The van der Waals surface area contributed by atoms with E-state index < -0.39 is 34.3 Å². The predicted octanol–water partition coefficient (Wildman–Crippen LogP) is 4.27. The van der Waals surface area contributed by atoms with Gasteiger partial charge < -0.3 is 10.2 Å². The van der Waals surface area contributed by atoms with Crippen LogP contribution < -0.4 is 9.62 Å². The Labute approximate surface area is 218 Å². The highest BCUT2D eigenvalue weighted by molar-refractivity contribution is 7.92. The number of carbonyl (C=O) groups is 2. The fraction of sp³-hybridized carbons (Fsp3) is 0.286. The summed E-state index contributed by atoms with van der Waals surface area (Å²) in [5.41, 5.74) is 1.52. The molecule has 0 heterocycles. The molecule has 1 atom stereocenters. The van der Waals surface area contributed by atoms with Gasteiger partial charge in [0, 0.05) is 13.1 Å². The number of rotatable bonds is 11. The quantitative estimate of drug-likeness (QED) is 0.405. The van der Waals surface area contributed by atoms with E-state index in [9.17, 15) is 22.4 Å². The van der Waals surface area contributed by atoms with Crippen molar-refractivity contribution in [2.45, 2.75) is 44.7 Å². The molecule has 0 bridgehead atoms. The van der Waals surface area contributed by atoms with Gasteiger partial charge in [-0.15, -0.1) is 0 Å². The Bertz CT molecular complexity index is 1330. The second-order valence-electron chi connectivity index (χ2n) is 8.61. The van der Waals surface area contributed by atoms with Gasteiger partial charge in [0.1, 0.15) is 18.4 Å². The summed E-state index contributed by atoms with van der Waals surface area (Å²) in [7, 11) is -4.30.